The van der Waals surface area contributed by atoms with Crippen molar-refractivity contribution in [3.05, 3.63) is 77.0 Å². The molecule has 0 unspecified atom stereocenters. The Balaban J connectivity index is 1.51. The number of fused-ring (bicyclic) bond motifs is 1. The maximum Gasteiger partial charge on any atom is 0.302 e. The molecule has 11 heteroatoms. The van der Waals surface area contributed by atoms with Crippen LogP contribution >= 0.6 is 0 Å². The summed E-state index contributed by atoms with van der Waals surface area (Å²) in [6, 6.07) is 17.0. The van der Waals surface area contributed by atoms with Crippen molar-refractivity contribution in [2.45, 2.75) is 13.8 Å². The van der Waals surface area contributed by atoms with Gasteiger partial charge in [-0.05, 0) is 48.9 Å². The summed E-state index contributed by atoms with van der Waals surface area (Å²) in [5.41, 5.74) is 3.06. The molecule has 42 heavy (non-hydrogen) atoms. The zero-order valence-electron chi connectivity index (χ0n) is 23.2. The van der Waals surface area contributed by atoms with Gasteiger partial charge in [-0.1, -0.05) is 18.2 Å². The lowest BCUT2D eigenvalue weighted by atomic mass is 9.93. The van der Waals surface area contributed by atoms with Crippen LogP contribution in [0.4, 0.5) is 0 Å². The summed E-state index contributed by atoms with van der Waals surface area (Å²) < 4.78 is 23.4. The van der Waals surface area contributed by atoms with E-state index in [0.717, 1.165) is 16.2 Å². The molecule has 11 nitrogen and oxygen atoms in total. The smallest absolute Gasteiger partial charge is 0.302 e. The fourth-order valence-corrected chi connectivity index (χ4v) is 4.61. The molecule has 2 aliphatic heterocycles. The molecular weight excluding hydrogens is 540 g/mol. The molecule has 214 valence electrons. The van der Waals surface area contributed by atoms with E-state index in [0.29, 0.717) is 36.0 Å². The molecule has 0 radical (unpaired) electrons. The SMILES string of the molecule is CC(=O)OCCOCCN1C(=O)C(C#N)=C(C)/C(=C\c2cn(-c3ccccc3)nc2-c2ccc3c(c2)OCCO3)C1=O. The first-order chi connectivity index (χ1) is 20.4. The number of rotatable bonds is 9. The third-order valence-corrected chi connectivity index (χ3v) is 6.70. The quantitative estimate of drug-likeness (QED) is 0.165. The molecule has 0 fully saturated rings. The summed E-state index contributed by atoms with van der Waals surface area (Å²) in [5.74, 6) is -0.445. The zero-order chi connectivity index (χ0) is 29.6. The van der Waals surface area contributed by atoms with Gasteiger partial charge in [-0.3, -0.25) is 19.3 Å². The fourth-order valence-electron chi connectivity index (χ4n) is 4.61. The Labute approximate surface area is 242 Å². The van der Waals surface area contributed by atoms with Crippen molar-refractivity contribution in [2.24, 2.45) is 0 Å². The highest BCUT2D eigenvalue weighted by atomic mass is 16.6. The molecule has 1 aromatic heterocycles. The minimum atomic E-state index is -0.687. The Morgan fingerprint density at radius 2 is 1.81 bits per heavy atom. The summed E-state index contributed by atoms with van der Waals surface area (Å²) in [6.45, 7) is 3.86. The molecular formula is C31H28N4O7. The van der Waals surface area contributed by atoms with Gasteiger partial charge in [0.2, 0.25) is 0 Å². The van der Waals surface area contributed by atoms with Gasteiger partial charge < -0.3 is 18.9 Å². The first-order valence-electron chi connectivity index (χ1n) is 13.3. The fraction of sp³-hybridized carbons (Fsp3) is 0.258. The van der Waals surface area contributed by atoms with E-state index in [-0.39, 0.29) is 43.1 Å². The number of nitriles is 1. The Bertz CT molecular complexity index is 1630. The van der Waals surface area contributed by atoms with Crippen molar-refractivity contribution in [1.82, 2.24) is 14.7 Å². The predicted molar refractivity (Wildman–Crippen MR) is 150 cm³/mol. The van der Waals surface area contributed by atoms with Crippen LogP contribution in [0.3, 0.4) is 0 Å². The van der Waals surface area contributed by atoms with Gasteiger partial charge in [0.25, 0.3) is 11.8 Å². The van der Waals surface area contributed by atoms with E-state index in [1.807, 2.05) is 54.6 Å². The van der Waals surface area contributed by atoms with Gasteiger partial charge >= 0.3 is 5.97 Å². The van der Waals surface area contributed by atoms with Crippen molar-refractivity contribution in [2.75, 3.05) is 39.6 Å². The van der Waals surface area contributed by atoms with Gasteiger partial charge in [-0.2, -0.15) is 10.4 Å². The largest absolute Gasteiger partial charge is 0.486 e. The average molecular weight is 569 g/mol. The first-order valence-corrected chi connectivity index (χ1v) is 13.3. The highest BCUT2D eigenvalue weighted by Gasteiger charge is 2.35. The van der Waals surface area contributed by atoms with Crippen LogP contribution in [0, 0.1) is 11.3 Å². The van der Waals surface area contributed by atoms with Crippen LogP contribution in [-0.4, -0.2) is 72.0 Å². The molecule has 0 saturated carbocycles. The highest BCUT2D eigenvalue weighted by Crippen LogP contribution is 2.37. The Kier molecular flexibility index (Phi) is 8.45. The first kappa shape index (κ1) is 28.3. The number of carbonyl (C=O) groups excluding carboxylic acids is 3. The normalized spacial score (nSPS) is 15.6. The molecule has 0 N–H and O–H groups in total. The standard InChI is InChI=1S/C31H28N4O7/c1-20-25(30(37)34(31(38)26(20)18-32)10-11-39-12-13-40-21(2)36)16-23-19-35(24-6-4-3-5-7-24)33-29(23)22-8-9-27-28(17-22)42-15-14-41-27/h3-9,16-17,19H,10-15H2,1-2H3/b25-16+. The number of hydrogen-bond donors (Lipinski definition) is 0. The Morgan fingerprint density at radius 1 is 1.05 bits per heavy atom. The molecule has 0 saturated heterocycles. The molecule has 3 aromatic rings. The minimum Gasteiger partial charge on any atom is -0.486 e. The van der Waals surface area contributed by atoms with Crippen molar-refractivity contribution in [3.63, 3.8) is 0 Å². The third kappa shape index (κ3) is 5.94. The number of nitrogens with zero attached hydrogens (tertiary/aromatic N) is 4. The molecule has 0 atom stereocenters. The monoisotopic (exact) mass is 568 g/mol. The van der Waals surface area contributed by atoms with E-state index in [2.05, 4.69) is 0 Å². The number of esters is 1. The highest BCUT2D eigenvalue weighted by molar-refractivity contribution is 6.19. The lowest BCUT2D eigenvalue weighted by molar-refractivity contribution is -0.142. The third-order valence-electron chi connectivity index (χ3n) is 6.70. The van der Waals surface area contributed by atoms with E-state index in [4.69, 9.17) is 24.0 Å². The Hall–Kier alpha value is -5.21. The summed E-state index contributed by atoms with van der Waals surface area (Å²) in [4.78, 5) is 38.6. The summed E-state index contributed by atoms with van der Waals surface area (Å²) in [7, 11) is 0. The molecule has 5 rings (SSSR count). The number of ether oxygens (including phenoxy) is 4. The molecule has 2 aliphatic rings. The number of para-hydroxylation sites is 1. The van der Waals surface area contributed by atoms with Crippen LogP contribution < -0.4 is 9.47 Å². The van der Waals surface area contributed by atoms with Gasteiger partial charge in [0.15, 0.2) is 11.5 Å². The summed E-state index contributed by atoms with van der Waals surface area (Å²) in [6.07, 6.45) is 3.44. The number of imide groups is 1. The zero-order valence-corrected chi connectivity index (χ0v) is 23.2. The maximum absolute atomic E-state index is 13.6. The van der Waals surface area contributed by atoms with Gasteiger partial charge in [-0.25, -0.2) is 4.68 Å². The second kappa shape index (κ2) is 12.5. The summed E-state index contributed by atoms with van der Waals surface area (Å²) >= 11 is 0. The molecule has 3 heterocycles. The lowest BCUT2D eigenvalue weighted by Crippen LogP contribution is -2.44. The Morgan fingerprint density at radius 3 is 2.55 bits per heavy atom. The van der Waals surface area contributed by atoms with Crippen molar-refractivity contribution in [1.29, 1.82) is 5.26 Å². The number of carbonyl (C=O) groups is 3. The van der Waals surface area contributed by atoms with Gasteiger partial charge in [-0.15, -0.1) is 0 Å². The topological polar surface area (TPSA) is 133 Å². The molecule has 2 amide bonds. The van der Waals surface area contributed by atoms with E-state index >= 15 is 0 Å². The van der Waals surface area contributed by atoms with Gasteiger partial charge in [0.05, 0.1) is 25.4 Å². The van der Waals surface area contributed by atoms with Crippen LogP contribution in [0.1, 0.15) is 19.4 Å². The second-order valence-electron chi connectivity index (χ2n) is 9.46. The average Bonchev–Trinajstić information content (AvgIpc) is 3.43. The number of benzene rings is 2. The van der Waals surface area contributed by atoms with Crippen molar-refractivity contribution >= 4 is 23.9 Å². The van der Waals surface area contributed by atoms with Crippen molar-refractivity contribution < 1.29 is 33.3 Å². The minimum absolute atomic E-state index is 0.0121. The van der Waals surface area contributed by atoms with Crippen molar-refractivity contribution in [3.8, 4) is 34.5 Å². The van der Waals surface area contributed by atoms with Crippen LogP contribution in [0.5, 0.6) is 11.5 Å². The number of amides is 2. The predicted octanol–water partition coefficient (Wildman–Crippen LogP) is 3.48. The molecule has 0 aliphatic carbocycles. The number of aromatic nitrogens is 2. The molecule has 2 aromatic carbocycles. The molecule has 0 spiro atoms. The van der Waals surface area contributed by atoms with Crippen LogP contribution in [-0.2, 0) is 23.9 Å². The van der Waals surface area contributed by atoms with E-state index < -0.39 is 17.8 Å². The van der Waals surface area contributed by atoms with E-state index in [1.165, 1.54) is 6.92 Å². The molecule has 0 bridgehead atoms. The second-order valence-corrected chi connectivity index (χ2v) is 9.46. The maximum atomic E-state index is 13.6. The van der Waals surface area contributed by atoms with Gasteiger partial charge in [0, 0.05) is 29.8 Å². The van der Waals surface area contributed by atoms with Crippen LogP contribution in [0.2, 0.25) is 0 Å². The van der Waals surface area contributed by atoms with Gasteiger partial charge in [0.1, 0.15) is 37.2 Å². The van der Waals surface area contributed by atoms with E-state index in [1.54, 1.807) is 23.9 Å². The van der Waals surface area contributed by atoms with Crippen LogP contribution in [0.15, 0.2) is 71.4 Å². The lowest BCUT2D eigenvalue weighted by Gasteiger charge is -2.27. The van der Waals surface area contributed by atoms with E-state index in [9.17, 15) is 19.6 Å². The number of hydrogen-bond acceptors (Lipinski definition) is 9. The summed E-state index contributed by atoms with van der Waals surface area (Å²) in [5, 5.41) is 14.6. The van der Waals surface area contributed by atoms with Crippen LogP contribution in [0.25, 0.3) is 23.0 Å².